The highest BCUT2D eigenvalue weighted by atomic mass is 16.5. The van der Waals surface area contributed by atoms with E-state index in [9.17, 15) is 0 Å². The van der Waals surface area contributed by atoms with Gasteiger partial charge in [-0.25, -0.2) is 0 Å². The van der Waals surface area contributed by atoms with Crippen LogP contribution in [-0.4, -0.2) is 65.2 Å². The summed E-state index contributed by atoms with van der Waals surface area (Å²) < 4.78 is 16.7. The molecule has 0 aliphatic rings. The Labute approximate surface area is 148 Å². The van der Waals surface area contributed by atoms with E-state index in [1.807, 2.05) is 6.92 Å². The van der Waals surface area contributed by atoms with Gasteiger partial charge in [-0.2, -0.15) is 0 Å². The van der Waals surface area contributed by atoms with Crippen LogP contribution in [0.15, 0.2) is 4.99 Å². The largest absolute Gasteiger partial charge is 0.379 e. The molecule has 0 rings (SSSR count). The molecule has 0 fully saturated rings. The molecule has 6 nitrogen and oxygen atoms in total. The maximum absolute atomic E-state index is 5.75. The molecule has 1 unspecified atom stereocenters. The molecule has 0 heterocycles. The van der Waals surface area contributed by atoms with E-state index in [0.717, 1.165) is 45.1 Å². The molecule has 0 amide bonds. The first-order chi connectivity index (χ1) is 11.7. The van der Waals surface area contributed by atoms with Gasteiger partial charge in [0, 0.05) is 33.4 Å². The van der Waals surface area contributed by atoms with Crippen molar-refractivity contribution in [3.05, 3.63) is 0 Å². The summed E-state index contributed by atoms with van der Waals surface area (Å²) in [5, 5.41) is 6.56. The van der Waals surface area contributed by atoms with E-state index in [4.69, 9.17) is 14.2 Å². The highest BCUT2D eigenvalue weighted by Crippen LogP contribution is 2.09. The smallest absolute Gasteiger partial charge is 0.191 e. The van der Waals surface area contributed by atoms with Crippen LogP contribution in [0.1, 0.15) is 47.0 Å². The first-order valence-corrected chi connectivity index (χ1v) is 9.37. The zero-order valence-electron chi connectivity index (χ0n) is 16.4. The SMILES string of the molecule is CCCCOCCOCCNC(=NC)NCCC(OCC)C(C)C. The van der Waals surface area contributed by atoms with Crippen molar-refractivity contribution in [1.82, 2.24) is 10.6 Å². The molecule has 2 N–H and O–H groups in total. The van der Waals surface area contributed by atoms with Gasteiger partial charge in [0.15, 0.2) is 5.96 Å². The molecular formula is C18H39N3O3. The normalized spacial score (nSPS) is 13.3. The standard InChI is InChI=1S/C18H39N3O3/c1-6-8-12-22-14-15-23-13-11-21-18(19-5)20-10-9-17(16(3)4)24-7-2/h16-17H,6-15H2,1-5H3,(H2,19,20,21). The van der Waals surface area contributed by atoms with Crippen molar-refractivity contribution >= 4 is 5.96 Å². The molecule has 1 atom stereocenters. The van der Waals surface area contributed by atoms with Gasteiger partial charge < -0.3 is 24.8 Å². The Bertz CT molecular complexity index is 299. The van der Waals surface area contributed by atoms with E-state index in [2.05, 4.69) is 36.4 Å². The summed E-state index contributed by atoms with van der Waals surface area (Å²) in [4.78, 5) is 4.22. The minimum absolute atomic E-state index is 0.289. The number of hydrogen-bond donors (Lipinski definition) is 2. The summed E-state index contributed by atoms with van der Waals surface area (Å²) in [6, 6.07) is 0. The molecule has 0 aliphatic heterocycles. The fourth-order valence-electron chi connectivity index (χ4n) is 2.19. The summed E-state index contributed by atoms with van der Waals surface area (Å²) in [5.74, 6) is 1.33. The van der Waals surface area contributed by atoms with Gasteiger partial charge in [0.1, 0.15) is 0 Å². The second-order valence-corrected chi connectivity index (χ2v) is 6.03. The van der Waals surface area contributed by atoms with Crippen LogP contribution < -0.4 is 10.6 Å². The second kappa shape index (κ2) is 17.0. The Kier molecular flexibility index (Phi) is 16.4. The minimum Gasteiger partial charge on any atom is -0.379 e. The number of unbranched alkanes of at least 4 members (excludes halogenated alkanes) is 1. The summed E-state index contributed by atoms with van der Waals surface area (Å²) >= 11 is 0. The molecule has 144 valence electrons. The third kappa shape index (κ3) is 13.6. The van der Waals surface area contributed by atoms with Crippen LogP contribution in [0.25, 0.3) is 0 Å². The van der Waals surface area contributed by atoms with Crippen molar-refractivity contribution in [1.29, 1.82) is 0 Å². The van der Waals surface area contributed by atoms with E-state index in [-0.39, 0.29) is 6.10 Å². The van der Waals surface area contributed by atoms with Crippen LogP contribution in [0.2, 0.25) is 0 Å². The number of hydrogen-bond acceptors (Lipinski definition) is 4. The molecule has 0 aliphatic carbocycles. The summed E-state index contributed by atoms with van der Waals surface area (Å²) in [6.45, 7) is 13.7. The number of nitrogens with one attached hydrogen (secondary N) is 2. The molecule has 0 radical (unpaired) electrons. The van der Waals surface area contributed by atoms with Crippen LogP contribution in [0.5, 0.6) is 0 Å². The Morgan fingerprint density at radius 2 is 1.62 bits per heavy atom. The number of ether oxygens (including phenoxy) is 3. The van der Waals surface area contributed by atoms with Gasteiger partial charge in [-0.3, -0.25) is 4.99 Å². The van der Waals surface area contributed by atoms with Crippen molar-refractivity contribution in [2.45, 2.75) is 53.1 Å². The van der Waals surface area contributed by atoms with Crippen LogP contribution in [-0.2, 0) is 14.2 Å². The Hall–Kier alpha value is -0.850. The van der Waals surface area contributed by atoms with E-state index in [1.165, 1.54) is 6.42 Å². The molecule has 0 aromatic heterocycles. The Morgan fingerprint density at radius 3 is 2.21 bits per heavy atom. The van der Waals surface area contributed by atoms with Gasteiger partial charge >= 0.3 is 0 Å². The Morgan fingerprint density at radius 1 is 0.958 bits per heavy atom. The van der Waals surface area contributed by atoms with E-state index in [0.29, 0.717) is 25.7 Å². The third-order valence-corrected chi connectivity index (χ3v) is 3.62. The molecule has 24 heavy (non-hydrogen) atoms. The van der Waals surface area contributed by atoms with Crippen LogP contribution >= 0.6 is 0 Å². The first-order valence-electron chi connectivity index (χ1n) is 9.37. The fraction of sp³-hybridized carbons (Fsp3) is 0.944. The van der Waals surface area contributed by atoms with Gasteiger partial charge in [0.25, 0.3) is 0 Å². The zero-order valence-corrected chi connectivity index (χ0v) is 16.4. The highest BCUT2D eigenvalue weighted by molar-refractivity contribution is 5.79. The summed E-state index contributed by atoms with van der Waals surface area (Å²) in [7, 11) is 1.78. The lowest BCUT2D eigenvalue weighted by atomic mass is 10.0. The van der Waals surface area contributed by atoms with Gasteiger partial charge in [0.05, 0.1) is 25.9 Å². The maximum Gasteiger partial charge on any atom is 0.191 e. The molecule has 0 aromatic carbocycles. The van der Waals surface area contributed by atoms with Crippen LogP contribution in [0, 0.1) is 5.92 Å². The van der Waals surface area contributed by atoms with Crippen molar-refractivity contribution in [2.75, 3.05) is 53.2 Å². The first kappa shape index (κ1) is 23.1. The summed E-state index contributed by atoms with van der Waals surface area (Å²) in [6.07, 6.45) is 3.54. The van der Waals surface area contributed by atoms with Crippen LogP contribution in [0.3, 0.4) is 0 Å². The molecule has 6 heteroatoms. The van der Waals surface area contributed by atoms with Gasteiger partial charge in [-0.15, -0.1) is 0 Å². The van der Waals surface area contributed by atoms with E-state index >= 15 is 0 Å². The zero-order chi connectivity index (χ0) is 18.0. The topological polar surface area (TPSA) is 64.1 Å². The molecule has 0 spiro atoms. The fourth-order valence-corrected chi connectivity index (χ4v) is 2.19. The lowest BCUT2D eigenvalue weighted by Crippen LogP contribution is -2.40. The predicted molar refractivity (Wildman–Crippen MR) is 101 cm³/mol. The van der Waals surface area contributed by atoms with Gasteiger partial charge in [-0.1, -0.05) is 27.2 Å². The van der Waals surface area contributed by atoms with Gasteiger partial charge in [-0.05, 0) is 25.7 Å². The van der Waals surface area contributed by atoms with Gasteiger partial charge in [0.2, 0.25) is 0 Å². The lowest BCUT2D eigenvalue weighted by Gasteiger charge is -2.21. The predicted octanol–water partition coefficient (Wildman–Crippen LogP) is 2.44. The van der Waals surface area contributed by atoms with E-state index < -0.39 is 0 Å². The third-order valence-electron chi connectivity index (χ3n) is 3.62. The average molecular weight is 346 g/mol. The number of nitrogens with zero attached hydrogens (tertiary/aromatic N) is 1. The molecule has 0 bridgehead atoms. The number of aliphatic imine (C=N–C) groups is 1. The monoisotopic (exact) mass is 345 g/mol. The van der Waals surface area contributed by atoms with Crippen LogP contribution in [0.4, 0.5) is 0 Å². The van der Waals surface area contributed by atoms with Crippen molar-refractivity contribution < 1.29 is 14.2 Å². The lowest BCUT2D eigenvalue weighted by molar-refractivity contribution is 0.0258. The molecule has 0 saturated heterocycles. The van der Waals surface area contributed by atoms with E-state index in [1.54, 1.807) is 7.05 Å². The Balaban J connectivity index is 3.63. The minimum atomic E-state index is 0.289. The highest BCUT2D eigenvalue weighted by Gasteiger charge is 2.12. The quantitative estimate of drug-likeness (QED) is 0.271. The van der Waals surface area contributed by atoms with Crippen molar-refractivity contribution in [2.24, 2.45) is 10.9 Å². The number of rotatable bonds is 15. The average Bonchev–Trinajstić information content (AvgIpc) is 2.57. The summed E-state index contributed by atoms with van der Waals surface area (Å²) in [5.41, 5.74) is 0. The molecular weight excluding hydrogens is 306 g/mol. The van der Waals surface area contributed by atoms with Crippen molar-refractivity contribution in [3.8, 4) is 0 Å². The van der Waals surface area contributed by atoms with Crippen molar-refractivity contribution in [3.63, 3.8) is 0 Å². The second-order valence-electron chi connectivity index (χ2n) is 6.03. The number of guanidine groups is 1. The molecule has 0 aromatic rings. The molecule has 0 saturated carbocycles. The maximum atomic E-state index is 5.75.